The maximum absolute atomic E-state index is 5.85. The summed E-state index contributed by atoms with van der Waals surface area (Å²) >= 11 is 5.85. The summed E-state index contributed by atoms with van der Waals surface area (Å²) in [5, 5.41) is 3.49. The average Bonchev–Trinajstić information content (AvgIpc) is 1.95. The van der Waals surface area contributed by atoms with Crippen molar-refractivity contribution in [3.8, 4) is 0 Å². The lowest BCUT2D eigenvalue weighted by Crippen LogP contribution is -2.37. The molecule has 0 aliphatic heterocycles. The van der Waals surface area contributed by atoms with E-state index >= 15 is 0 Å². The predicted octanol–water partition coefficient (Wildman–Crippen LogP) is 3.28. The van der Waals surface area contributed by atoms with E-state index in [4.69, 9.17) is 11.6 Å². The predicted molar refractivity (Wildman–Crippen MR) is 61.4 cm³/mol. The van der Waals surface area contributed by atoms with E-state index in [0.717, 1.165) is 6.54 Å². The van der Waals surface area contributed by atoms with Crippen LogP contribution in [0.5, 0.6) is 0 Å². The van der Waals surface area contributed by atoms with Crippen molar-refractivity contribution in [2.75, 3.05) is 12.4 Å². The molecule has 0 fully saturated rings. The molecule has 0 spiro atoms. The number of rotatable bonds is 5. The van der Waals surface area contributed by atoms with Gasteiger partial charge in [-0.15, -0.1) is 11.6 Å². The molecule has 13 heavy (non-hydrogen) atoms. The molecule has 0 rings (SSSR count). The molecule has 0 aromatic carbocycles. The van der Waals surface area contributed by atoms with Crippen molar-refractivity contribution in [3.05, 3.63) is 0 Å². The van der Waals surface area contributed by atoms with Crippen molar-refractivity contribution >= 4 is 11.6 Å². The van der Waals surface area contributed by atoms with Crippen LogP contribution in [0.25, 0.3) is 0 Å². The summed E-state index contributed by atoms with van der Waals surface area (Å²) in [4.78, 5) is 0. The Bertz CT molecular complexity index is 127. The first-order chi connectivity index (χ1) is 5.87. The van der Waals surface area contributed by atoms with E-state index < -0.39 is 0 Å². The number of halogens is 1. The minimum atomic E-state index is 0.418. The standard InChI is InChI=1S/C11H24ClN/c1-9(2)10(8-12)13-7-6-11(3,4)5/h9-10,13H,6-8H2,1-5H3. The van der Waals surface area contributed by atoms with E-state index in [0.29, 0.717) is 23.3 Å². The van der Waals surface area contributed by atoms with Gasteiger partial charge < -0.3 is 5.32 Å². The Kier molecular flexibility index (Phi) is 5.98. The van der Waals surface area contributed by atoms with Crippen LogP contribution in [0.1, 0.15) is 41.0 Å². The normalized spacial score (nSPS) is 15.0. The number of nitrogens with one attached hydrogen (secondary N) is 1. The maximum Gasteiger partial charge on any atom is 0.0379 e. The first kappa shape index (κ1) is 13.2. The second-order valence-electron chi connectivity index (χ2n) is 5.27. The van der Waals surface area contributed by atoms with Crippen molar-refractivity contribution in [3.63, 3.8) is 0 Å². The van der Waals surface area contributed by atoms with Crippen molar-refractivity contribution in [1.82, 2.24) is 5.32 Å². The van der Waals surface area contributed by atoms with Crippen LogP contribution in [0.4, 0.5) is 0 Å². The minimum absolute atomic E-state index is 0.418. The van der Waals surface area contributed by atoms with Crippen LogP contribution < -0.4 is 5.32 Å². The third-order valence-corrected chi connectivity index (χ3v) is 2.58. The molecule has 2 heteroatoms. The molecule has 0 saturated carbocycles. The topological polar surface area (TPSA) is 12.0 Å². The molecule has 1 atom stereocenters. The summed E-state index contributed by atoms with van der Waals surface area (Å²) in [5.41, 5.74) is 0.418. The van der Waals surface area contributed by atoms with Gasteiger partial charge in [0.2, 0.25) is 0 Å². The molecular formula is C11H24ClN. The molecule has 0 radical (unpaired) electrons. The van der Waals surface area contributed by atoms with Crippen LogP contribution in [-0.2, 0) is 0 Å². The third-order valence-electron chi connectivity index (χ3n) is 2.25. The lowest BCUT2D eigenvalue weighted by Gasteiger charge is -2.23. The Morgan fingerprint density at radius 1 is 1.23 bits per heavy atom. The lowest BCUT2D eigenvalue weighted by atomic mass is 9.92. The zero-order valence-electron chi connectivity index (χ0n) is 9.65. The van der Waals surface area contributed by atoms with Gasteiger partial charge in [0.25, 0.3) is 0 Å². The van der Waals surface area contributed by atoms with E-state index in [9.17, 15) is 0 Å². The quantitative estimate of drug-likeness (QED) is 0.680. The van der Waals surface area contributed by atoms with Gasteiger partial charge in [0, 0.05) is 11.9 Å². The second kappa shape index (κ2) is 5.87. The maximum atomic E-state index is 5.85. The fourth-order valence-electron chi connectivity index (χ4n) is 1.10. The first-order valence-corrected chi connectivity index (χ1v) is 5.69. The molecule has 1 nitrogen and oxygen atoms in total. The van der Waals surface area contributed by atoms with Gasteiger partial charge in [0.1, 0.15) is 0 Å². The largest absolute Gasteiger partial charge is 0.313 e. The van der Waals surface area contributed by atoms with E-state index in [1.807, 2.05) is 0 Å². The lowest BCUT2D eigenvalue weighted by molar-refractivity contribution is 0.340. The van der Waals surface area contributed by atoms with Crippen molar-refractivity contribution in [1.29, 1.82) is 0 Å². The second-order valence-corrected chi connectivity index (χ2v) is 5.58. The van der Waals surface area contributed by atoms with Crippen LogP contribution in [0.2, 0.25) is 0 Å². The highest BCUT2D eigenvalue weighted by Gasteiger charge is 2.13. The zero-order chi connectivity index (χ0) is 10.5. The minimum Gasteiger partial charge on any atom is -0.313 e. The first-order valence-electron chi connectivity index (χ1n) is 5.16. The van der Waals surface area contributed by atoms with Crippen LogP contribution in [-0.4, -0.2) is 18.5 Å². The highest BCUT2D eigenvalue weighted by atomic mass is 35.5. The number of hydrogen-bond acceptors (Lipinski definition) is 1. The number of alkyl halides is 1. The van der Waals surface area contributed by atoms with Gasteiger partial charge in [-0.3, -0.25) is 0 Å². The van der Waals surface area contributed by atoms with Crippen LogP contribution in [0.15, 0.2) is 0 Å². The van der Waals surface area contributed by atoms with Gasteiger partial charge in [0.15, 0.2) is 0 Å². The van der Waals surface area contributed by atoms with Crippen LogP contribution in [0.3, 0.4) is 0 Å². The molecule has 1 unspecified atom stereocenters. The molecule has 80 valence electrons. The summed E-state index contributed by atoms with van der Waals surface area (Å²) in [5.74, 6) is 1.33. The molecule has 0 aromatic rings. The van der Waals surface area contributed by atoms with E-state index in [1.54, 1.807) is 0 Å². The Balaban J connectivity index is 3.62. The van der Waals surface area contributed by atoms with Crippen molar-refractivity contribution < 1.29 is 0 Å². The van der Waals surface area contributed by atoms with E-state index in [2.05, 4.69) is 39.9 Å². The monoisotopic (exact) mass is 205 g/mol. The van der Waals surface area contributed by atoms with Gasteiger partial charge in [-0.2, -0.15) is 0 Å². The van der Waals surface area contributed by atoms with Gasteiger partial charge >= 0.3 is 0 Å². The highest BCUT2D eigenvalue weighted by molar-refractivity contribution is 6.18. The van der Waals surface area contributed by atoms with Gasteiger partial charge in [0.05, 0.1) is 0 Å². The van der Waals surface area contributed by atoms with Crippen LogP contribution in [0, 0.1) is 11.3 Å². The summed E-state index contributed by atoms with van der Waals surface area (Å²) in [6.07, 6.45) is 1.20. The fraction of sp³-hybridized carbons (Fsp3) is 1.00. The van der Waals surface area contributed by atoms with E-state index in [-0.39, 0.29) is 0 Å². The Morgan fingerprint density at radius 3 is 2.08 bits per heavy atom. The molecular weight excluding hydrogens is 182 g/mol. The van der Waals surface area contributed by atoms with Gasteiger partial charge in [-0.1, -0.05) is 34.6 Å². The summed E-state index contributed by atoms with van der Waals surface area (Å²) in [6, 6.07) is 0.462. The van der Waals surface area contributed by atoms with Gasteiger partial charge in [-0.05, 0) is 24.3 Å². The van der Waals surface area contributed by atoms with Crippen molar-refractivity contribution in [2.24, 2.45) is 11.3 Å². The van der Waals surface area contributed by atoms with Gasteiger partial charge in [-0.25, -0.2) is 0 Å². The fourth-order valence-corrected chi connectivity index (χ4v) is 1.57. The smallest absolute Gasteiger partial charge is 0.0379 e. The third kappa shape index (κ3) is 7.33. The molecule has 0 amide bonds. The average molecular weight is 206 g/mol. The molecule has 0 heterocycles. The van der Waals surface area contributed by atoms with Crippen molar-refractivity contribution in [2.45, 2.75) is 47.1 Å². The molecule has 0 bridgehead atoms. The van der Waals surface area contributed by atoms with Crippen LogP contribution >= 0.6 is 11.6 Å². The molecule has 0 aliphatic rings. The summed E-state index contributed by atoms with van der Waals surface area (Å²) < 4.78 is 0. The Hall–Kier alpha value is 0.250. The molecule has 0 saturated heterocycles. The highest BCUT2D eigenvalue weighted by Crippen LogP contribution is 2.17. The summed E-state index contributed by atoms with van der Waals surface area (Å²) in [7, 11) is 0. The molecule has 1 N–H and O–H groups in total. The van der Waals surface area contributed by atoms with E-state index in [1.165, 1.54) is 6.42 Å². The number of hydrogen-bond donors (Lipinski definition) is 1. The summed E-state index contributed by atoms with van der Waals surface area (Å²) in [6.45, 7) is 12.3. The molecule has 0 aromatic heterocycles. The zero-order valence-corrected chi connectivity index (χ0v) is 10.4. The Labute approximate surface area is 88.2 Å². The Morgan fingerprint density at radius 2 is 1.77 bits per heavy atom. The molecule has 0 aliphatic carbocycles. The SMILES string of the molecule is CC(C)C(CCl)NCCC(C)(C)C.